The molecular formula is C9H16N2O. The molecule has 1 saturated heterocycles. The fraction of sp³-hybridized carbons (Fsp3) is 0.889. The van der Waals surface area contributed by atoms with Crippen molar-refractivity contribution < 1.29 is 4.74 Å². The summed E-state index contributed by atoms with van der Waals surface area (Å²) in [4.78, 5) is 0. The maximum Gasteiger partial charge on any atom is 0.0950 e. The van der Waals surface area contributed by atoms with Crippen LogP contribution < -0.4 is 5.32 Å². The van der Waals surface area contributed by atoms with E-state index >= 15 is 0 Å². The molecule has 0 aromatic carbocycles. The van der Waals surface area contributed by atoms with E-state index < -0.39 is 0 Å². The number of rotatable bonds is 4. The van der Waals surface area contributed by atoms with Crippen molar-refractivity contribution >= 4 is 0 Å². The van der Waals surface area contributed by atoms with Crippen molar-refractivity contribution in [2.24, 2.45) is 5.41 Å². The summed E-state index contributed by atoms with van der Waals surface area (Å²) >= 11 is 0. The monoisotopic (exact) mass is 168 g/mol. The van der Waals surface area contributed by atoms with Crippen LogP contribution in [0.5, 0.6) is 0 Å². The Morgan fingerprint density at radius 2 is 2.33 bits per heavy atom. The topological polar surface area (TPSA) is 45.0 Å². The Morgan fingerprint density at radius 3 is 2.67 bits per heavy atom. The summed E-state index contributed by atoms with van der Waals surface area (Å²) in [6, 6.07) is 2.22. The van der Waals surface area contributed by atoms with Gasteiger partial charge in [0.1, 0.15) is 0 Å². The molecule has 0 aromatic heterocycles. The third-order valence-corrected chi connectivity index (χ3v) is 2.24. The molecule has 1 rings (SSSR count). The smallest absolute Gasteiger partial charge is 0.0950 e. The van der Waals surface area contributed by atoms with Crippen molar-refractivity contribution in [2.75, 3.05) is 19.8 Å². The van der Waals surface area contributed by atoms with E-state index in [1.54, 1.807) is 0 Å². The van der Waals surface area contributed by atoms with Gasteiger partial charge in [0.25, 0.3) is 0 Å². The van der Waals surface area contributed by atoms with Crippen LogP contribution >= 0.6 is 0 Å². The second-order valence-electron chi connectivity index (χ2n) is 3.77. The zero-order valence-electron chi connectivity index (χ0n) is 7.76. The summed E-state index contributed by atoms with van der Waals surface area (Å²) < 4.78 is 5.11. The van der Waals surface area contributed by atoms with Crippen molar-refractivity contribution in [3.8, 4) is 6.07 Å². The van der Waals surface area contributed by atoms with Crippen LogP contribution in [-0.4, -0.2) is 25.8 Å². The van der Waals surface area contributed by atoms with E-state index in [1.165, 1.54) is 0 Å². The predicted molar refractivity (Wildman–Crippen MR) is 46.6 cm³/mol. The summed E-state index contributed by atoms with van der Waals surface area (Å²) in [5, 5.41) is 11.9. The predicted octanol–water partition coefficient (Wildman–Crippen LogP) is 0.915. The molecule has 1 fully saturated rings. The van der Waals surface area contributed by atoms with Gasteiger partial charge in [0.05, 0.1) is 25.3 Å². The molecule has 0 amide bonds. The van der Waals surface area contributed by atoms with E-state index in [1.807, 2.05) is 6.92 Å². The largest absolute Gasteiger partial charge is 0.380 e. The second-order valence-corrected chi connectivity index (χ2v) is 3.77. The van der Waals surface area contributed by atoms with Gasteiger partial charge in [-0.15, -0.1) is 0 Å². The van der Waals surface area contributed by atoms with E-state index in [9.17, 15) is 0 Å². The lowest BCUT2D eigenvalue weighted by Crippen LogP contribution is -2.49. The Balaban J connectivity index is 2.20. The summed E-state index contributed by atoms with van der Waals surface area (Å²) in [6.45, 7) is 6.72. The number of nitriles is 1. The number of hydrogen-bond donors (Lipinski definition) is 1. The first-order chi connectivity index (χ1) is 5.70. The van der Waals surface area contributed by atoms with E-state index in [2.05, 4.69) is 18.3 Å². The van der Waals surface area contributed by atoms with Crippen molar-refractivity contribution in [1.82, 2.24) is 5.32 Å². The zero-order valence-corrected chi connectivity index (χ0v) is 7.76. The van der Waals surface area contributed by atoms with E-state index in [0.717, 1.165) is 26.2 Å². The van der Waals surface area contributed by atoms with Gasteiger partial charge in [0.2, 0.25) is 0 Å². The fourth-order valence-corrected chi connectivity index (χ4v) is 1.20. The Bertz CT molecular complexity index is 181. The van der Waals surface area contributed by atoms with Crippen LogP contribution in [0.1, 0.15) is 20.3 Å². The van der Waals surface area contributed by atoms with Crippen LogP contribution in [0.4, 0.5) is 0 Å². The van der Waals surface area contributed by atoms with Crippen molar-refractivity contribution in [1.29, 1.82) is 5.26 Å². The first kappa shape index (κ1) is 9.50. The molecule has 1 atom stereocenters. The number of nitrogens with zero attached hydrogens (tertiary/aromatic N) is 1. The second kappa shape index (κ2) is 3.88. The van der Waals surface area contributed by atoms with Gasteiger partial charge in [-0.2, -0.15) is 5.26 Å². The van der Waals surface area contributed by atoms with Crippen LogP contribution in [0.3, 0.4) is 0 Å². The minimum absolute atomic E-state index is 0.00225. The molecule has 3 nitrogen and oxygen atoms in total. The van der Waals surface area contributed by atoms with Crippen LogP contribution in [0.15, 0.2) is 0 Å². The Hall–Kier alpha value is -0.590. The van der Waals surface area contributed by atoms with Gasteiger partial charge in [-0.1, -0.05) is 13.8 Å². The molecule has 0 radical (unpaired) electrons. The number of nitrogens with one attached hydrogen (secondary N) is 1. The fourth-order valence-electron chi connectivity index (χ4n) is 1.20. The van der Waals surface area contributed by atoms with Crippen molar-refractivity contribution in [3.63, 3.8) is 0 Å². The molecule has 68 valence electrons. The molecule has 0 bridgehead atoms. The summed E-state index contributed by atoms with van der Waals surface area (Å²) in [5.41, 5.74) is 0.268. The Labute approximate surface area is 73.7 Å². The quantitative estimate of drug-likeness (QED) is 0.678. The summed E-state index contributed by atoms with van der Waals surface area (Å²) in [5.74, 6) is 0. The lowest BCUT2D eigenvalue weighted by atomic mass is 9.88. The standard InChI is InChI=1S/C9H16N2O/c1-3-8(4-10)11-5-9(2)6-12-7-9/h8,11H,3,5-7H2,1-2H3. The molecule has 1 N–H and O–H groups in total. The zero-order chi connectivity index (χ0) is 9.03. The molecule has 0 spiro atoms. The molecular weight excluding hydrogens is 152 g/mol. The maximum absolute atomic E-state index is 8.67. The van der Waals surface area contributed by atoms with Crippen molar-refractivity contribution in [2.45, 2.75) is 26.3 Å². The molecule has 1 aliphatic rings. The summed E-state index contributed by atoms with van der Waals surface area (Å²) in [6.07, 6.45) is 0.868. The SMILES string of the molecule is CCC(C#N)NCC1(C)COC1. The number of hydrogen-bond acceptors (Lipinski definition) is 3. The molecule has 12 heavy (non-hydrogen) atoms. The average Bonchev–Trinajstić information content (AvgIpc) is 2.03. The molecule has 1 unspecified atom stereocenters. The molecule has 0 saturated carbocycles. The highest BCUT2D eigenvalue weighted by Crippen LogP contribution is 2.25. The van der Waals surface area contributed by atoms with Crippen LogP contribution in [-0.2, 0) is 4.74 Å². The van der Waals surface area contributed by atoms with E-state index in [4.69, 9.17) is 10.00 Å². The maximum atomic E-state index is 8.67. The van der Waals surface area contributed by atoms with Gasteiger partial charge in [0, 0.05) is 12.0 Å². The molecule has 0 aromatic rings. The van der Waals surface area contributed by atoms with Gasteiger partial charge in [-0.25, -0.2) is 0 Å². The first-order valence-corrected chi connectivity index (χ1v) is 4.41. The highest BCUT2D eigenvalue weighted by atomic mass is 16.5. The van der Waals surface area contributed by atoms with Gasteiger partial charge >= 0.3 is 0 Å². The first-order valence-electron chi connectivity index (χ1n) is 4.41. The van der Waals surface area contributed by atoms with E-state index in [-0.39, 0.29) is 11.5 Å². The molecule has 1 heterocycles. The molecule has 0 aliphatic carbocycles. The Morgan fingerprint density at radius 1 is 1.67 bits per heavy atom. The molecule has 1 aliphatic heterocycles. The van der Waals surface area contributed by atoms with Crippen LogP contribution in [0.25, 0.3) is 0 Å². The summed E-state index contributed by atoms with van der Waals surface area (Å²) in [7, 11) is 0. The molecule has 3 heteroatoms. The average molecular weight is 168 g/mol. The van der Waals surface area contributed by atoms with Gasteiger partial charge in [-0.05, 0) is 6.42 Å². The van der Waals surface area contributed by atoms with Gasteiger partial charge < -0.3 is 10.1 Å². The highest BCUT2D eigenvalue weighted by Gasteiger charge is 2.33. The minimum Gasteiger partial charge on any atom is -0.380 e. The normalized spacial score (nSPS) is 22.4. The van der Waals surface area contributed by atoms with Crippen LogP contribution in [0.2, 0.25) is 0 Å². The third kappa shape index (κ3) is 2.20. The van der Waals surface area contributed by atoms with E-state index in [0.29, 0.717) is 0 Å². The highest BCUT2D eigenvalue weighted by molar-refractivity contribution is 4.92. The minimum atomic E-state index is 0.00225. The third-order valence-electron chi connectivity index (χ3n) is 2.24. The number of ether oxygens (including phenoxy) is 1. The lowest BCUT2D eigenvalue weighted by Gasteiger charge is -2.38. The van der Waals surface area contributed by atoms with Crippen molar-refractivity contribution in [3.05, 3.63) is 0 Å². The van der Waals surface area contributed by atoms with Gasteiger partial charge in [0.15, 0.2) is 0 Å². The van der Waals surface area contributed by atoms with Gasteiger partial charge in [-0.3, -0.25) is 0 Å². The Kier molecular flexibility index (Phi) is 3.07. The van der Waals surface area contributed by atoms with Crippen LogP contribution in [0, 0.1) is 16.7 Å². The lowest BCUT2D eigenvalue weighted by molar-refractivity contribution is -0.0995.